The molecule has 0 aliphatic heterocycles. The van der Waals surface area contributed by atoms with Crippen LogP contribution in [0.3, 0.4) is 0 Å². The minimum Gasteiger partial charge on any atom is -0.412 e. The Labute approximate surface area is 163 Å². The molecule has 27 heavy (non-hydrogen) atoms. The molecule has 3 nitrogen and oxygen atoms in total. The standard InChI is InChI=1S/C22H34F2.3H2O/c1-15-3-8-18(9-4-15)19-10-5-17(6-11-19)7-12-20-21(23)13-16(2)14-22(20)24;;;/h15-22H,3-6,8-11,13-14H2,1-2H3;3*1H2. The van der Waals surface area contributed by atoms with Gasteiger partial charge >= 0.3 is 0 Å². The van der Waals surface area contributed by atoms with Gasteiger partial charge in [-0.1, -0.05) is 38.5 Å². The van der Waals surface area contributed by atoms with Gasteiger partial charge in [-0.15, -0.1) is 0 Å². The monoisotopic (exact) mass is 390 g/mol. The van der Waals surface area contributed by atoms with Crippen LogP contribution in [0.25, 0.3) is 0 Å². The van der Waals surface area contributed by atoms with Crippen LogP contribution in [0, 0.1) is 47.3 Å². The maximum Gasteiger partial charge on any atom is 0.117 e. The average Bonchev–Trinajstić information content (AvgIpc) is 2.55. The Balaban J connectivity index is 0.00000225. The number of halogens is 2. The molecular formula is C22H40F2O3. The highest BCUT2D eigenvalue weighted by Crippen LogP contribution is 2.41. The molecule has 0 bridgehead atoms. The van der Waals surface area contributed by atoms with Crippen molar-refractivity contribution < 1.29 is 25.2 Å². The van der Waals surface area contributed by atoms with Gasteiger partial charge in [0, 0.05) is 5.92 Å². The Morgan fingerprint density at radius 1 is 0.593 bits per heavy atom. The highest BCUT2D eigenvalue weighted by molar-refractivity contribution is 5.13. The molecule has 0 heterocycles. The maximum atomic E-state index is 14.1. The van der Waals surface area contributed by atoms with Crippen LogP contribution < -0.4 is 0 Å². The molecule has 3 rings (SSSR count). The predicted molar refractivity (Wildman–Crippen MR) is 107 cm³/mol. The molecule has 0 aromatic rings. The number of hydrogen-bond acceptors (Lipinski definition) is 0. The van der Waals surface area contributed by atoms with Crippen molar-refractivity contribution in [2.45, 2.75) is 90.4 Å². The van der Waals surface area contributed by atoms with E-state index < -0.39 is 18.3 Å². The van der Waals surface area contributed by atoms with Crippen molar-refractivity contribution in [1.82, 2.24) is 0 Å². The molecule has 2 atom stereocenters. The first-order valence-electron chi connectivity index (χ1n) is 10.3. The second-order valence-electron chi connectivity index (χ2n) is 9.05. The van der Waals surface area contributed by atoms with Gasteiger partial charge in [-0.2, -0.15) is 0 Å². The van der Waals surface area contributed by atoms with Gasteiger partial charge < -0.3 is 16.4 Å². The molecule has 3 aliphatic carbocycles. The first-order chi connectivity index (χ1) is 11.5. The third-order valence-electron chi connectivity index (χ3n) is 6.99. The van der Waals surface area contributed by atoms with Crippen molar-refractivity contribution >= 4 is 0 Å². The van der Waals surface area contributed by atoms with E-state index in [-0.39, 0.29) is 22.3 Å². The lowest BCUT2D eigenvalue weighted by molar-refractivity contribution is 0.0813. The SMILES string of the molecule is CC1CCC(C2CCC(C#CC3C(F)CC(C)CC3F)CC2)CC1.O.O.O. The minimum absolute atomic E-state index is 0. The van der Waals surface area contributed by atoms with E-state index in [1.165, 1.54) is 38.5 Å². The average molecular weight is 391 g/mol. The molecule has 0 amide bonds. The molecule has 3 aliphatic rings. The minimum atomic E-state index is -1.07. The fourth-order valence-corrected chi connectivity index (χ4v) is 5.27. The molecule has 3 fully saturated rings. The smallest absolute Gasteiger partial charge is 0.117 e. The molecule has 0 saturated heterocycles. The fraction of sp³-hybridized carbons (Fsp3) is 0.909. The van der Waals surface area contributed by atoms with Gasteiger partial charge in [-0.05, 0) is 75.0 Å². The molecule has 6 N–H and O–H groups in total. The van der Waals surface area contributed by atoms with Gasteiger partial charge in [0.15, 0.2) is 0 Å². The van der Waals surface area contributed by atoms with Crippen LogP contribution in [0.5, 0.6) is 0 Å². The molecule has 0 radical (unpaired) electrons. The molecule has 0 spiro atoms. The van der Waals surface area contributed by atoms with Crippen LogP contribution in [0.2, 0.25) is 0 Å². The number of alkyl halides is 2. The summed E-state index contributed by atoms with van der Waals surface area (Å²) in [6.45, 7) is 4.32. The quantitative estimate of drug-likeness (QED) is 0.608. The summed E-state index contributed by atoms with van der Waals surface area (Å²) in [5.41, 5.74) is 0. The Kier molecular flexibility index (Phi) is 11.7. The summed E-state index contributed by atoms with van der Waals surface area (Å²) < 4.78 is 28.2. The largest absolute Gasteiger partial charge is 0.412 e. The molecule has 5 heteroatoms. The van der Waals surface area contributed by atoms with Gasteiger partial charge in [0.25, 0.3) is 0 Å². The normalized spacial score (nSPS) is 41.6. The van der Waals surface area contributed by atoms with Crippen LogP contribution in [0.1, 0.15) is 78.1 Å². The van der Waals surface area contributed by atoms with E-state index in [1.54, 1.807) is 0 Å². The summed E-state index contributed by atoms with van der Waals surface area (Å²) in [4.78, 5) is 0. The van der Waals surface area contributed by atoms with Crippen molar-refractivity contribution in [2.75, 3.05) is 0 Å². The highest BCUT2D eigenvalue weighted by Gasteiger charge is 2.36. The molecular weight excluding hydrogens is 350 g/mol. The lowest BCUT2D eigenvalue weighted by Crippen LogP contribution is -2.33. The highest BCUT2D eigenvalue weighted by atomic mass is 19.1. The van der Waals surface area contributed by atoms with Crippen LogP contribution in [-0.2, 0) is 0 Å². The van der Waals surface area contributed by atoms with Crippen LogP contribution in [-0.4, -0.2) is 28.8 Å². The molecule has 0 aromatic carbocycles. The Morgan fingerprint density at radius 3 is 1.52 bits per heavy atom. The Hall–Kier alpha value is -0.700. The summed E-state index contributed by atoms with van der Waals surface area (Å²) >= 11 is 0. The molecule has 2 unspecified atom stereocenters. The topological polar surface area (TPSA) is 94.5 Å². The fourth-order valence-electron chi connectivity index (χ4n) is 5.27. The van der Waals surface area contributed by atoms with E-state index in [9.17, 15) is 8.78 Å². The van der Waals surface area contributed by atoms with E-state index in [0.29, 0.717) is 18.8 Å². The van der Waals surface area contributed by atoms with E-state index in [4.69, 9.17) is 0 Å². The van der Waals surface area contributed by atoms with Crippen LogP contribution in [0.15, 0.2) is 0 Å². The van der Waals surface area contributed by atoms with Crippen molar-refractivity contribution in [2.24, 2.45) is 35.5 Å². The number of rotatable bonds is 1. The van der Waals surface area contributed by atoms with Gasteiger partial charge in [-0.25, -0.2) is 8.78 Å². The summed E-state index contributed by atoms with van der Waals surface area (Å²) in [6, 6.07) is 0. The number of hydrogen-bond donors (Lipinski definition) is 0. The van der Waals surface area contributed by atoms with Gasteiger partial charge in [-0.3, -0.25) is 0 Å². The first kappa shape index (κ1) is 26.3. The van der Waals surface area contributed by atoms with E-state index in [0.717, 1.165) is 30.6 Å². The van der Waals surface area contributed by atoms with Crippen LogP contribution >= 0.6 is 0 Å². The zero-order valence-corrected chi connectivity index (χ0v) is 16.9. The second kappa shape index (κ2) is 12.0. The second-order valence-corrected chi connectivity index (χ2v) is 9.05. The third kappa shape index (κ3) is 7.00. The third-order valence-corrected chi connectivity index (χ3v) is 6.99. The molecule has 3 saturated carbocycles. The van der Waals surface area contributed by atoms with E-state index in [2.05, 4.69) is 18.8 Å². The summed E-state index contributed by atoms with van der Waals surface area (Å²) in [7, 11) is 0. The Morgan fingerprint density at radius 2 is 1.04 bits per heavy atom. The summed E-state index contributed by atoms with van der Waals surface area (Å²) in [5.74, 6) is 8.88. The van der Waals surface area contributed by atoms with E-state index >= 15 is 0 Å². The molecule has 160 valence electrons. The van der Waals surface area contributed by atoms with Gasteiger partial charge in [0.2, 0.25) is 0 Å². The first-order valence-corrected chi connectivity index (χ1v) is 10.3. The Bertz CT molecular complexity index is 448. The zero-order chi connectivity index (χ0) is 17.1. The summed E-state index contributed by atoms with van der Waals surface area (Å²) in [5, 5.41) is 0. The molecule has 0 aromatic heterocycles. The lowest BCUT2D eigenvalue weighted by atomic mass is 9.69. The summed E-state index contributed by atoms with van der Waals surface area (Å²) in [6.07, 6.45) is 9.27. The van der Waals surface area contributed by atoms with Crippen molar-refractivity contribution in [3.05, 3.63) is 0 Å². The van der Waals surface area contributed by atoms with Crippen LogP contribution in [0.4, 0.5) is 8.78 Å². The zero-order valence-electron chi connectivity index (χ0n) is 16.9. The van der Waals surface area contributed by atoms with E-state index in [1.807, 2.05) is 6.92 Å². The predicted octanol–water partition coefficient (Wildman–Crippen LogP) is 3.87. The van der Waals surface area contributed by atoms with Crippen molar-refractivity contribution in [3.8, 4) is 11.8 Å². The van der Waals surface area contributed by atoms with Crippen molar-refractivity contribution in [1.29, 1.82) is 0 Å². The maximum absolute atomic E-state index is 14.1. The van der Waals surface area contributed by atoms with Gasteiger partial charge in [0.05, 0.1) is 5.92 Å². The van der Waals surface area contributed by atoms with Crippen molar-refractivity contribution in [3.63, 3.8) is 0 Å². The van der Waals surface area contributed by atoms with Gasteiger partial charge in [0.1, 0.15) is 12.3 Å². The lowest BCUT2D eigenvalue weighted by Gasteiger charge is -2.36.